The van der Waals surface area contributed by atoms with Gasteiger partial charge in [0.1, 0.15) is 10.3 Å². The van der Waals surface area contributed by atoms with Crippen molar-refractivity contribution in [3.8, 4) is 5.75 Å². The quantitative estimate of drug-likeness (QED) is 0.547. The Hall–Kier alpha value is -2.99. The Morgan fingerprint density at radius 1 is 0.958 bits per heavy atom. The Morgan fingerprint density at radius 2 is 1.67 bits per heavy atom. The van der Waals surface area contributed by atoms with Gasteiger partial charge in [0, 0.05) is 10.3 Å². The zero-order chi connectivity index (χ0) is 16.7. The molecule has 6 heteroatoms. The van der Waals surface area contributed by atoms with Gasteiger partial charge in [-0.3, -0.25) is 4.79 Å². The van der Waals surface area contributed by atoms with Gasteiger partial charge in [0.05, 0.1) is 5.52 Å². The summed E-state index contributed by atoms with van der Waals surface area (Å²) >= 11 is 1.06. The van der Waals surface area contributed by atoms with Crippen molar-refractivity contribution in [2.75, 3.05) is 0 Å². The van der Waals surface area contributed by atoms with E-state index in [-0.39, 0.29) is 21.6 Å². The highest BCUT2D eigenvalue weighted by Gasteiger charge is 2.19. The standard InChI is InChI=1S/C18H11NO4S/c20-14-13-15(11-8-4-5-9-12(11)19-17(13)21)23-18(22)16(14)24-10-6-2-1-3-7-10/h1-9,20H,(H,19,21). The SMILES string of the molecule is O=c1oc2c(c(O)c1Sc1ccccc1)c(=O)[nH]c1ccccc12. The molecule has 0 spiro atoms. The topological polar surface area (TPSA) is 83.3 Å². The summed E-state index contributed by atoms with van der Waals surface area (Å²) in [5.41, 5.74) is -0.542. The minimum absolute atomic E-state index is 0.00511. The molecule has 2 aromatic heterocycles. The highest BCUT2D eigenvalue weighted by Crippen LogP contribution is 2.36. The first-order valence-electron chi connectivity index (χ1n) is 7.19. The summed E-state index contributed by atoms with van der Waals surface area (Å²) in [5.74, 6) is -0.359. The van der Waals surface area contributed by atoms with Crippen molar-refractivity contribution in [1.29, 1.82) is 0 Å². The fourth-order valence-electron chi connectivity index (χ4n) is 2.58. The predicted octanol–water partition coefficient (Wildman–Crippen LogP) is 3.49. The molecule has 0 aliphatic carbocycles. The van der Waals surface area contributed by atoms with E-state index in [2.05, 4.69) is 4.98 Å². The van der Waals surface area contributed by atoms with Gasteiger partial charge in [-0.1, -0.05) is 42.1 Å². The molecule has 0 amide bonds. The molecule has 0 fully saturated rings. The molecule has 2 heterocycles. The summed E-state index contributed by atoms with van der Waals surface area (Å²) in [4.78, 5) is 28.1. The van der Waals surface area contributed by atoms with Crippen LogP contribution in [0.3, 0.4) is 0 Å². The van der Waals surface area contributed by atoms with Gasteiger partial charge in [-0.15, -0.1) is 0 Å². The third-order valence-corrected chi connectivity index (χ3v) is 4.74. The van der Waals surface area contributed by atoms with Crippen LogP contribution in [-0.2, 0) is 0 Å². The molecule has 0 aliphatic heterocycles. The first-order valence-corrected chi connectivity index (χ1v) is 8.00. The van der Waals surface area contributed by atoms with Crippen molar-refractivity contribution >= 4 is 33.6 Å². The summed E-state index contributed by atoms with van der Waals surface area (Å²) in [7, 11) is 0. The first kappa shape index (κ1) is 14.6. The van der Waals surface area contributed by atoms with Gasteiger partial charge in [0.15, 0.2) is 11.3 Å². The Labute approximate surface area is 139 Å². The van der Waals surface area contributed by atoms with E-state index < -0.39 is 11.2 Å². The van der Waals surface area contributed by atoms with Crippen molar-refractivity contribution in [3.63, 3.8) is 0 Å². The maximum absolute atomic E-state index is 12.4. The molecular formula is C18H11NO4S. The van der Waals surface area contributed by atoms with Crippen LogP contribution in [0.25, 0.3) is 21.9 Å². The number of para-hydroxylation sites is 1. The summed E-state index contributed by atoms with van der Waals surface area (Å²) in [5, 5.41) is 11.1. The van der Waals surface area contributed by atoms with Crippen LogP contribution in [0.4, 0.5) is 0 Å². The minimum atomic E-state index is -0.676. The number of aromatic hydroxyl groups is 1. The smallest absolute Gasteiger partial charge is 0.354 e. The van der Waals surface area contributed by atoms with Crippen molar-refractivity contribution in [2.45, 2.75) is 9.79 Å². The van der Waals surface area contributed by atoms with Crippen LogP contribution in [0.5, 0.6) is 5.75 Å². The Morgan fingerprint density at radius 3 is 2.46 bits per heavy atom. The lowest BCUT2D eigenvalue weighted by molar-refractivity contribution is 0.447. The van der Waals surface area contributed by atoms with Crippen LogP contribution in [0.15, 0.2) is 78.4 Å². The average molecular weight is 337 g/mol. The van der Waals surface area contributed by atoms with E-state index in [1.807, 2.05) is 18.2 Å². The number of aromatic nitrogens is 1. The predicted molar refractivity (Wildman–Crippen MR) is 92.8 cm³/mol. The number of nitrogens with one attached hydrogen (secondary N) is 1. The number of fused-ring (bicyclic) bond motifs is 3. The molecule has 0 radical (unpaired) electrons. The summed E-state index contributed by atoms with van der Waals surface area (Å²) in [6.45, 7) is 0. The van der Waals surface area contributed by atoms with E-state index in [1.165, 1.54) is 0 Å². The molecule has 2 aromatic carbocycles. The van der Waals surface area contributed by atoms with E-state index in [4.69, 9.17) is 4.42 Å². The van der Waals surface area contributed by atoms with Crippen molar-refractivity contribution < 1.29 is 9.52 Å². The molecule has 0 bridgehead atoms. The van der Waals surface area contributed by atoms with Crippen LogP contribution in [0.1, 0.15) is 0 Å². The molecule has 0 saturated heterocycles. The van der Waals surface area contributed by atoms with Crippen LogP contribution >= 0.6 is 11.8 Å². The van der Waals surface area contributed by atoms with Crippen molar-refractivity contribution in [1.82, 2.24) is 4.98 Å². The van der Waals surface area contributed by atoms with Gasteiger partial charge in [0.25, 0.3) is 5.56 Å². The van der Waals surface area contributed by atoms with Crippen molar-refractivity contribution in [2.24, 2.45) is 0 Å². The van der Waals surface area contributed by atoms with E-state index in [0.717, 1.165) is 16.7 Å². The lowest BCUT2D eigenvalue weighted by Gasteiger charge is -2.07. The maximum Gasteiger partial charge on any atom is 0.354 e. The van der Waals surface area contributed by atoms with Crippen LogP contribution in [0, 0.1) is 0 Å². The molecule has 0 aliphatic rings. The van der Waals surface area contributed by atoms with Crippen molar-refractivity contribution in [3.05, 3.63) is 75.4 Å². The number of hydrogen-bond acceptors (Lipinski definition) is 5. The van der Waals surface area contributed by atoms with E-state index in [9.17, 15) is 14.7 Å². The molecule has 24 heavy (non-hydrogen) atoms. The summed E-state index contributed by atoms with van der Waals surface area (Å²) < 4.78 is 5.38. The minimum Gasteiger partial charge on any atom is -0.505 e. The molecule has 2 N–H and O–H groups in total. The largest absolute Gasteiger partial charge is 0.505 e. The van der Waals surface area contributed by atoms with Gasteiger partial charge in [-0.05, 0) is 24.3 Å². The molecule has 0 unspecified atom stereocenters. The third-order valence-electron chi connectivity index (χ3n) is 3.67. The summed E-state index contributed by atoms with van der Waals surface area (Å²) in [6.07, 6.45) is 0. The highest BCUT2D eigenvalue weighted by molar-refractivity contribution is 7.99. The van der Waals surface area contributed by atoms with Crippen LogP contribution < -0.4 is 11.2 Å². The van der Waals surface area contributed by atoms with E-state index in [0.29, 0.717) is 10.9 Å². The fraction of sp³-hybridized carbons (Fsp3) is 0. The number of aromatic amines is 1. The second-order valence-corrected chi connectivity index (χ2v) is 6.27. The summed E-state index contributed by atoms with van der Waals surface area (Å²) in [6, 6.07) is 16.1. The fourth-order valence-corrected chi connectivity index (χ4v) is 3.43. The molecule has 0 atom stereocenters. The lowest BCUT2D eigenvalue weighted by atomic mass is 10.1. The normalized spacial score (nSPS) is 11.2. The molecule has 118 valence electrons. The Balaban J connectivity index is 2.05. The average Bonchev–Trinajstić information content (AvgIpc) is 2.59. The molecule has 4 rings (SSSR count). The third kappa shape index (κ3) is 2.28. The highest BCUT2D eigenvalue weighted by atomic mass is 32.2. The van der Waals surface area contributed by atoms with E-state index >= 15 is 0 Å². The van der Waals surface area contributed by atoms with Crippen LogP contribution in [0.2, 0.25) is 0 Å². The maximum atomic E-state index is 12.4. The first-order chi connectivity index (χ1) is 11.6. The lowest BCUT2D eigenvalue weighted by Crippen LogP contribution is -2.11. The molecule has 5 nitrogen and oxygen atoms in total. The number of hydrogen-bond donors (Lipinski definition) is 2. The molecular weight excluding hydrogens is 326 g/mol. The second kappa shape index (κ2) is 5.58. The van der Waals surface area contributed by atoms with Gasteiger partial charge in [-0.25, -0.2) is 4.79 Å². The number of benzene rings is 2. The number of pyridine rings is 1. The Bertz CT molecular complexity index is 1180. The van der Waals surface area contributed by atoms with Gasteiger partial charge < -0.3 is 14.5 Å². The van der Waals surface area contributed by atoms with Gasteiger partial charge in [0.2, 0.25) is 0 Å². The zero-order valence-electron chi connectivity index (χ0n) is 12.3. The second-order valence-electron chi connectivity index (χ2n) is 5.19. The zero-order valence-corrected chi connectivity index (χ0v) is 13.1. The monoisotopic (exact) mass is 337 g/mol. The van der Waals surface area contributed by atoms with Crippen LogP contribution in [-0.4, -0.2) is 10.1 Å². The number of rotatable bonds is 2. The van der Waals surface area contributed by atoms with Gasteiger partial charge >= 0.3 is 5.63 Å². The van der Waals surface area contributed by atoms with E-state index in [1.54, 1.807) is 36.4 Å². The molecule has 0 saturated carbocycles. The Kier molecular flexibility index (Phi) is 3.39. The molecule has 4 aromatic rings. The number of H-pyrrole nitrogens is 1. The van der Waals surface area contributed by atoms with Gasteiger partial charge in [-0.2, -0.15) is 0 Å².